The number of nitrogens with one attached hydrogen (secondary N) is 1. The predicted molar refractivity (Wildman–Crippen MR) is 127 cm³/mol. The molecule has 1 amide bonds. The van der Waals surface area contributed by atoms with Gasteiger partial charge in [-0.25, -0.2) is 17.9 Å². The minimum absolute atomic E-state index is 0.164. The van der Waals surface area contributed by atoms with Crippen LogP contribution in [0.2, 0.25) is 0 Å². The molecule has 1 saturated heterocycles. The van der Waals surface area contributed by atoms with Crippen LogP contribution in [0.25, 0.3) is 11.1 Å². The first-order valence-electron chi connectivity index (χ1n) is 10.2. The third-order valence-electron chi connectivity index (χ3n) is 5.33. The molecule has 6 nitrogen and oxygen atoms in total. The summed E-state index contributed by atoms with van der Waals surface area (Å²) in [6.07, 6.45) is -0.484. The number of thiol groups is 1. The number of rotatable bonds is 6. The first-order valence-corrected chi connectivity index (χ1v) is 12.2. The zero-order valence-electron chi connectivity index (χ0n) is 17.3. The van der Waals surface area contributed by atoms with Crippen LogP contribution in [0.5, 0.6) is 0 Å². The Hall–Kier alpha value is -2.81. The SMILES string of the molecule is O=C(OCc1ccccc1)N1C[C@@H](S)[C@H](NS(=O)(=O)c2ccc(-c3ccccc3)cc2)C1. The highest BCUT2D eigenvalue weighted by Crippen LogP contribution is 2.23. The van der Waals surface area contributed by atoms with Crippen LogP contribution in [0.15, 0.2) is 89.8 Å². The Balaban J connectivity index is 1.37. The molecule has 0 bridgehead atoms. The van der Waals surface area contributed by atoms with Crippen molar-refractivity contribution in [1.29, 1.82) is 0 Å². The molecule has 4 rings (SSSR count). The molecule has 1 N–H and O–H groups in total. The van der Waals surface area contributed by atoms with Gasteiger partial charge in [0.1, 0.15) is 6.61 Å². The third-order valence-corrected chi connectivity index (χ3v) is 7.36. The molecule has 1 fully saturated rings. The summed E-state index contributed by atoms with van der Waals surface area (Å²) in [5.74, 6) is 0. The molecule has 32 heavy (non-hydrogen) atoms. The fourth-order valence-corrected chi connectivity index (χ4v) is 5.32. The maximum absolute atomic E-state index is 12.9. The number of amides is 1. The number of hydrogen-bond acceptors (Lipinski definition) is 5. The molecular weight excluding hydrogens is 444 g/mol. The molecule has 0 unspecified atom stereocenters. The van der Waals surface area contributed by atoms with E-state index in [1.54, 1.807) is 24.3 Å². The summed E-state index contributed by atoms with van der Waals surface area (Å²) in [6, 6.07) is 25.3. The molecule has 8 heteroatoms. The zero-order valence-corrected chi connectivity index (χ0v) is 19.0. The van der Waals surface area contributed by atoms with Gasteiger partial charge >= 0.3 is 6.09 Å². The zero-order chi connectivity index (χ0) is 22.6. The summed E-state index contributed by atoms with van der Waals surface area (Å²) in [6.45, 7) is 0.664. The Bertz CT molecular complexity index is 1150. The first-order chi connectivity index (χ1) is 15.4. The van der Waals surface area contributed by atoms with Crippen molar-refractivity contribution in [3.63, 3.8) is 0 Å². The lowest BCUT2D eigenvalue weighted by molar-refractivity contribution is 0.104. The molecule has 3 aromatic carbocycles. The average molecular weight is 469 g/mol. The second-order valence-electron chi connectivity index (χ2n) is 7.63. The van der Waals surface area contributed by atoms with Gasteiger partial charge in [-0.2, -0.15) is 12.6 Å². The van der Waals surface area contributed by atoms with Gasteiger partial charge in [0.15, 0.2) is 0 Å². The number of hydrogen-bond donors (Lipinski definition) is 2. The lowest BCUT2D eigenvalue weighted by Gasteiger charge is -2.17. The normalized spacial score (nSPS) is 18.5. The van der Waals surface area contributed by atoms with E-state index < -0.39 is 22.2 Å². The van der Waals surface area contributed by atoms with Crippen LogP contribution in [0.1, 0.15) is 5.56 Å². The van der Waals surface area contributed by atoms with Crippen LogP contribution in [0, 0.1) is 0 Å². The lowest BCUT2D eigenvalue weighted by Crippen LogP contribution is -2.41. The molecular formula is C24H24N2O4S2. The maximum Gasteiger partial charge on any atom is 0.410 e. The standard InChI is InChI=1S/C24H24N2O4S2/c27-24(30-17-18-7-3-1-4-8-18)26-15-22(23(31)16-26)25-32(28,29)21-13-11-20(12-14-21)19-9-5-2-6-10-19/h1-14,22-23,25,31H,15-17H2/t22-,23-/m1/s1. The van der Waals surface area contributed by atoms with Crippen molar-refractivity contribution in [3.8, 4) is 11.1 Å². The van der Waals surface area contributed by atoms with Crippen LogP contribution >= 0.6 is 12.6 Å². The quantitative estimate of drug-likeness (QED) is 0.537. The Morgan fingerprint density at radius 2 is 1.50 bits per heavy atom. The lowest BCUT2D eigenvalue weighted by atomic mass is 10.1. The van der Waals surface area contributed by atoms with E-state index in [1.807, 2.05) is 60.7 Å². The average Bonchev–Trinajstić information content (AvgIpc) is 3.18. The van der Waals surface area contributed by atoms with Crippen LogP contribution in [0.3, 0.4) is 0 Å². The molecule has 2 atom stereocenters. The minimum Gasteiger partial charge on any atom is -0.445 e. The highest BCUT2D eigenvalue weighted by molar-refractivity contribution is 7.89. The van der Waals surface area contributed by atoms with Crippen molar-refractivity contribution in [2.75, 3.05) is 13.1 Å². The molecule has 0 aliphatic carbocycles. The van der Waals surface area contributed by atoms with Crippen LogP contribution in [-0.2, 0) is 21.4 Å². The van der Waals surface area contributed by atoms with E-state index in [0.29, 0.717) is 6.54 Å². The van der Waals surface area contributed by atoms with Gasteiger partial charge in [0.25, 0.3) is 0 Å². The van der Waals surface area contributed by atoms with Gasteiger partial charge in [-0.1, -0.05) is 72.8 Å². The molecule has 0 radical (unpaired) electrons. The summed E-state index contributed by atoms with van der Waals surface area (Å²) >= 11 is 4.49. The van der Waals surface area contributed by atoms with Crippen molar-refractivity contribution in [3.05, 3.63) is 90.5 Å². The van der Waals surface area contributed by atoms with Gasteiger partial charge in [0.2, 0.25) is 10.0 Å². The van der Waals surface area contributed by atoms with Gasteiger partial charge in [-0.05, 0) is 28.8 Å². The Morgan fingerprint density at radius 3 is 2.16 bits per heavy atom. The summed E-state index contributed by atoms with van der Waals surface area (Å²) in [4.78, 5) is 14.1. The van der Waals surface area contributed by atoms with Gasteiger partial charge < -0.3 is 9.64 Å². The largest absolute Gasteiger partial charge is 0.445 e. The second-order valence-corrected chi connectivity index (χ2v) is 10.0. The van der Waals surface area contributed by atoms with Gasteiger partial charge in [-0.15, -0.1) is 0 Å². The summed E-state index contributed by atoms with van der Waals surface area (Å²) < 4.78 is 33.8. The van der Waals surface area contributed by atoms with Crippen molar-refractivity contribution in [2.45, 2.75) is 22.8 Å². The van der Waals surface area contributed by atoms with Gasteiger partial charge in [-0.3, -0.25) is 0 Å². The van der Waals surface area contributed by atoms with Crippen molar-refractivity contribution >= 4 is 28.7 Å². The van der Waals surface area contributed by atoms with E-state index in [9.17, 15) is 13.2 Å². The number of sulfonamides is 1. The Labute approximate surface area is 193 Å². The molecule has 1 heterocycles. The number of likely N-dealkylation sites (tertiary alicyclic amines) is 1. The van der Waals surface area contributed by atoms with Gasteiger partial charge in [0, 0.05) is 18.3 Å². The van der Waals surface area contributed by atoms with E-state index in [1.165, 1.54) is 4.90 Å². The topological polar surface area (TPSA) is 75.7 Å². The number of benzene rings is 3. The summed E-state index contributed by atoms with van der Waals surface area (Å²) in [7, 11) is -3.76. The second kappa shape index (κ2) is 9.77. The van der Waals surface area contributed by atoms with E-state index in [-0.39, 0.29) is 23.3 Å². The molecule has 1 aliphatic heterocycles. The third kappa shape index (κ3) is 5.32. The van der Waals surface area contributed by atoms with E-state index >= 15 is 0 Å². The first kappa shape index (κ1) is 22.4. The highest BCUT2D eigenvalue weighted by Gasteiger charge is 2.36. The monoisotopic (exact) mass is 468 g/mol. The van der Waals surface area contributed by atoms with Crippen LogP contribution in [-0.4, -0.2) is 43.8 Å². The summed E-state index contributed by atoms with van der Waals surface area (Å²) in [5.41, 5.74) is 2.84. The van der Waals surface area contributed by atoms with Crippen LogP contribution in [0.4, 0.5) is 4.79 Å². The Kier molecular flexibility index (Phi) is 6.83. The van der Waals surface area contributed by atoms with E-state index in [0.717, 1.165) is 16.7 Å². The van der Waals surface area contributed by atoms with E-state index in [2.05, 4.69) is 17.4 Å². The molecule has 0 saturated carbocycles. The Morgan fingerprint density at radius 1 is 0.906 bits per heavy atom. The number of carbonyl (C=O) groups is 1. The van der Waals surface area contributed by atoms with E-state index in [4.69, 9.17) is 4.74 Å². The number of ether oxygens (including phenoxy) is 1. The van der Waals surface area contributed by atoms with Crippen LogP contribution < -0.4 is 4.72 Å². The maximum atomic E-state index is 12.9. The minimum atomic E-state index is -3.76. The molecule has 166 valence electrons. The van der Waals surface area contributed by atoms with Crippen molar-refractivity contribution < 1.29 is 17.9 Å². The predicted octanol–water partition coefficient (Wildman–Crippen LogP) is 3.95. The highest BCUT2D eigenvalue weighted by atomic mass is 32.2. The number of nitrogens with zero attached hydrogens (tertiary/aromatic N) is 1. The molecule has 3 aromatic rings. The molecule has 0 spiro atoms. The number of carbonyl (C=O) groups excluding carboxylic acids is 1. The fourth-order valence-electron chi connectivity index (χ4n) is 3.59. The fraction of sp³-hybridized carbons (Fsp3) is 0.208. The summed E-state index contributed by atoms with van der Waals surface area (Å²) in [5, 5.41) is -0.336. The smallest absolute Gasteiger partial charge is 0.410 e. The van der Waals surface area contributed by atoms with Crippen molar-refractivity contribution in [2.24, 2.45) is 0 Å². The van der Waals surface area contributed by atoms with Gasteiger partial charge in [0.05, 0.1) is 10.9 Å². The van der Waals surface area contributed by atoms with Crippen molar-refractivity contribution in [1.82, 2.24) is 9.62 Å². The molecule has 1 aliphatic rings. The molecule has 0 aromatic heterocycles.